The highest BCUT2D eigenvalue weighted by Crippen LogP contribution is 2.31. The summed E-state index contributed by atoms with van der Waals surface area (Å²) in [5.74, 6) is 0. The molecule has 0 aliphatic heterocycles. The zero-order chi connectivity index (χ0) is 23.8. The molecule has 0 radical (unpaired) electrons. The molecule has 0 aliphatic rings. The molecule has 10 heteroatoms. The summed E-state index contributed by atoms with van der Waals surface area (Å²) in [5.41, 5.74) is 1.71. The van der Waals surface area contributed by atoms with E-state index in [1.54, 1.807) is 32.4 Å². The van der Waals surface area contributed by atoms with E-state index < -0.39 is 23.4 Å². The highest BCUT2D eigenvalue weighted by atomic mass is 19.4. The number of H-pyrrole nitrogens is 1. The zero-order valence-corrected chi connectivity index (χ0v) is 17.9. The van der Waals surface area contributed by atoms with Gasteiger partial charge in [-0.1, -0.05) is 6.07 Å². The van der Waals surface area contributed by atoms with Crippen molar-refractivity contribution in [3.63, 3.8) is 0 Å². The van der Waals surface area contributed by atoms with Crippen LogP contribution < -0.4 is 10.6 Å². The number of carbonyl (C=O) groups excluding carboxylic acids is 1. The first-order chi connectivity index (χ1) is 15.5. The van der Waals surface area contributed by atoms with Crippen molar-refractivity contribution in [2.24, 2.45) is 0 Å². The normalized spacial score (nSPS) is 12.2. The zero-order valence-electron chi connectivity index (χ0n) is 17.9. The lowest BCUT2D eigenvalue weighted by atomic mass is 10.1. The summed E-state index contributed by atoms with van der Waals surface area (Å²) in [6.45, 7) is 3.28. The summed E-state index contributed by atoms with van der Waals surface area (Å²) in [7, 11) is 0. The maximum atomic E-state index is 12.8. The number of benzene rings is 2. The van der Waals surface area contributed by atoms with E-state index in [1.165, 1.54) is 16.8 Å². The number of carbonyl (C=O) groups is 1. The standard InChI is InChI=1S/C23H22F3N5O2/c1-22(2,33)13-28-21(32)30-20-11-27-19-8-3-14(9-18(19)20)15-10-29-31(12-15)17-6-4-16(5-7-17)23(24,25)26/h3-12,27,33H,13H2,1-2H3,(H2,28,30,32). The predicted octanol–water partition coefficient (Wildman–Crippen LogP) is 4.93. The smallest absolute Gasteiger partial charge is 0.389 e. The van der Waals surface area contributed by atoms with Gasteiger partial charge in [0.05, 0.1) is 28.7 Å². The van der Waals surface area contributed by atoms with Crippen molar-refractivity contribution in [2.45, 2.75) is 25.6 Å². The van der Waals surface area contributed by atoms with Crippen LogP contribution in [-0.4, -0.2) is 38.0 Å². The molecule has 4 N–H and O–H groups in total. The molecule has 0 bridgehead atoms. The molecule has 0 saturated carbocycles. The van der Waals surface area contributed by atoms with E-state index in [0.717, 1.165) is 34.2 Å². The van der Waals surface area contributed by atoms with E-state index in [-0.39, 0.29) is 6.54 Å². The Labute approximate surface area is 187 Å². The van der Waals surface area contributed by atoms with Gasteiger partial charge in [0.15, 0.2) is 0 Å². The third-order valence-electron chi connectivity index (χ3n) is 4.99. The fourth-order valence-electron chi connectivity index (χ4n) is 3.28. The van der Waals surface area contributed by atoms with Crippen molar-refractivity contribution in [1.82, 2.24) is 20.1 Å². The van der Waals surface area contributed by atoms with Gasteiger partial charge in [0, 0.05) is 35.4 Å². The molecule has 2 heterocycles. The van der Waals surface area contributed by atoms with Crippen LogP contribution in [0, 0.1) is 0 Å². The van der Waals surface area contributed by atoms with Crippen molar-refractivity contribution in [3.8, 4) is 16.8 Å². The minimum Gasteiger partial charge on any atom is -0.389 e. The lowest BCUT2D eigenvalue weighted by Gasteiger charge is -2.17. The van der Waals surface area contributed by atoms with Crippen molar-refractivity contribution >= 4 is 22.6 Å². The monoisotopic (exact) mass is 457 g/mol. The molecule has 0 spiro atoms. The van der Waals surface area contributed by atoms with Gasteiger partial charge in [-0.25, -0.2) is 9.48 Å². The number of urea groups is 1. The molecular formula is C23H22F3N5O2. The molecule has 0 saturated heterocycles. The molecule has 172 valence electrons. The van der Waals surface area contributed by atoms with Crippen molar-refractivity contribution in [3.05, 3.63) is 66.6 Å². The van der Waals surface area contributed by atoms with Crippen LogP contribution in [0.2, 0.25) is 0 Å². The number of fused-ring (bicyclic) bond motifs is 1. The lowest BCUT2D eigenvalue weighted by Crippen LogP contribution is -2.40. The number of rotatable bonds is 5. The summed E-state index contributed by atoms with van der Waals surface area (Å²) >= 11 is 0. The summed E-state index contributed by atoms with van der Waals surface area (Å²) in [5, 5.41) is 20.2. The Bertz CT molecular complexity index is 1280. The number of halogens is 3. The Morgan fingerprint density at radius 3 is 2.52 bits per heavy atom. The molecule has 0 unspecified atom stereocenters. The second-order valence-corrected chi connectivity index (χ2v) is 8.30. The van der Waals surface area contributed by atoms with E-state index in [0.29, 0.717) is 11.4 Å². The van der Waals surface area contributed by atoms with Gasteiger partial charge in [0.2, 0.25) is 0 Å². The van der Waals surface area contributed by atoms with Crippen LogP contribution in [0.5, 0.6) is 0 Å². The fraction of sp³-hybridized carbons (Fsp3) is 0.217. The van der Waals surface area contributed by atoms with Crippen LogP contribution in [-0.2, 0) is 6.18 Å². The minimum atomic E-state index is -4.39. The Morgan fingerprint density at radius 1 is 1.12 bits per heavy atom. The number of alkyl halides is 3. The maximum absolute atomic E-state index is 12.8. The van der Waals surface area contributed by atoms with Crippen molar-refractivity contribution in [2.75, 3.05) is 11.9 Å². The number of nitrogens with zero attached hydrogens (tertiary/aromatic N) is 2. The van der Waals surface area contributed by atoms with E-state index in [1.807, 2.05) is 18.2 Å². The number of amides is 2. The number of nitrogens with one attached hydrogen (secondary N) is 3. The SMILES string of the molecule is CC(C)(O)CNC(=O)Nc1c[nH]c2ccc(-c3cnn(-c4ccc(C(F)(F)F)cc4)c3)cc12. The molecule has 2 amide bonds. The van der Waals surface area contributed by atoms with Crippen LogP contribution in [0.3, 0.4) is 0 Å². The summed E-state index contributed by atoms with van der Waals surface area (Å²) in [4.78, 5) is 15.3. The molecule has 33 heavy (non-hydrogen) atoms. The van der Waals surface area contributed by atoms with E-state index in [4.69, 9.17) is 0 Å². The topological polar surface area (TPSA) is 95.0 Å². The predicted molar refractivity (Wildman–Crippen MR) is 119 cm³/mol. The minimum absolute atomic E-state index is 0.0928. The number of anilines is 1. The van der Waals surface area contributed by atoms with Gasteiger partial charge >= 0.3 is 12.2 Å². The van der Waals surface area contributed by atoms with Crippen molar-refractivity contribution < 1.29 is 23.1 Å². The fourth-order valence-corrected chi connectivity index (χ4v) is 3.28. The number of aromatic amines is 1. The average Bonchev–Trinajstić information content (AvgIpc) is 3.39. The molecule has 4 aromatic rings. The molecule has 4 rings (SSSR count). The van der Waals surface area contributed by atoms with Gasteiger partial charge < -0.3 is 20.7 Å². The molecule has 0 aliphatic carbocycles. The second kappa shape index (κ2) is 8.28. The Kier molecular flexibility index (Phi) is 5.62. The molecular weight excluding hydrogens is 435 g/mol. The largest absolute Gasteiger partial charge is 0.416 e. The first-order valence-corrected chi connectivity index (χ1v) is 10.1. The van der Waals surface area contributed by atoms with Gasteiger partial charge in [-0.3, -0.25) is 0 Å². The number of hydrogen-bond acceptors (Lipinski definition) is 3. The van der Waals surface area contributed by atoms with E-state index in [2.05, 4.69) is 20.7 Å². The van der Waals surface area contributed by atoms with Crippen LogP contribution in [0.15, 0.2) is 61.1 Å². The van der Waals surface area contributed by atoms with Gasteiger partial charge in [-0.05, 0) is 55.8 Å². The molecule has 2 aromatic heterocycles. The van der Waals surface area contributed by atoms with Gasteiger partial charge in [0.1, 0.15) is 0 Å². The first-order valence-electron chi connectivity index (χ1n) is 10.1. The number of hydrogen-bond donors (Lipinski definition) is 4. The van der Waals surface area contributed by atoms with Crippen molar-refractivity contribution in [1.29, 1.82) is 0 Å². The summed E-state index contributed by atoms with van der Waals surface area (Å²) < 4.78 is 39.9. The number of aliphatic hydroxyl groups is 1. The second-order valence-electron chi connectivity index (χ2n) is 8.30. The highest BCUT2D eigenvalue weighted by molar-refractivity contribution is 6.02. The molecule has 0 fully saturated rings. The van der Waals surface area contributed by atoms with Gasteiger partial charge in [-0.15, -0.1) is 0 Å². The van der Waals surface area contributed by atoms with Crippen LogP contribution >= 0.6 is 0 Å². The third kappa shape index (κ3) is 5.17. The van der Waals surface area contributed by atoms with Crippen LogP contribution in [0.1, 0.15) is 19.4 Å². The van der Waals surface area contributed by atoms with Gasteiger partial charge in [0.25, 0.3) is 0 Å². The highest BCUT2D eigenvalue weighted by Gasteiger charge is 2.30. The number of aromatic nitrogens is 3. The lowest BCUT2D eigenvalue weighted by molar-refractivity contribution is -0.137. The Hall–Kier alpha value is -3.79. The van der Waals surface area contributed by atoms with Crippen LogP contribution in [0.25, 0.3) is 27.7 Å². The first kappa shape index (κ1) is 22.4. The summed E-state index contributed by atoms with van der Waals surface area (Å²) in [6, 6.07) is 9.94. The molecule has 7 nitrogen and oxygen atoms in total. The van der Waals surface area contributed by atoms with E-state index in [9.17, 15) is 23.1 Å². The maximum Gasteiger partial charge on any atom is 0.416 e. The molecule has 0 atom stereocenters. The van der Waals surface area contributed by atoms with Crippen LogP contribution in [0.4, 0.5) is 23.7 Å². The van der Waals surface area contributed by atoms with E-state index >= 15 is 0 Å². The Morgan fingerprint density at radius 2 is 1.85 bits per heavy atom. The third-order valence-corrected chi connectivity index (χ3v) is 4.99. The average molecular weight is 457 g/mol. The quantitative estimate of drug-likeness (QED) is 0.342. The molecule has 2 aromatic carbocycles. The van der Waals surface area contributed by atoms with Gasteiger partial charge in [-0.2, -0.15) is 18.3 Å². The Balaban J connectivity index is 1.55. The summed E-state index contributed by atoms with van der Waals surface area (Å²) in [6.07, 6.45) is 0.620.